The lowest BCUT2D eigenvalue weighted by atomic mass is 10.1. The number of carbonyl (C=O) groups excluding carboxylic acids is 1. The van der Waals surface area contributed by atoms with Crippen molar-refractivity contribution in [2.24, 2.45) is 4.99 Å². The van der Waals surface area contributed by atoms with Gasteiger partial charge in [-0.2, -0.15) is 0 Å². The number of carbonyl (C=O) groups is 1. The Balaban J connectivity index is 1.61. The summed E-state index contributed by atoms with van der Waals surface area (Å²) in [6.45, 7) is 2.63. The highest BCUT2D eigenvalue weighted by atomic mass is 127. The topological polar surface area (TPSA) is 57.1 Å². The Hall–Kier alpha value is -1.88. The minimum atomic E-state index is -0.534. The number of halogens is 4. The largest absolute Gasteiger partial charge is 0.490 e. The number of aliphatic imine (C=N–C) groups is 1. The van der Waals surface area contributed by atoms with Crippen LogP contribution in [0.2, 0.25) is 5.02 Å². The summed E-state index contributed by atoms with van der Waals surface area (Å²) in [5.41, 5.74) is 2.50. The summed E-state index contributed by atoms with van der Waals surface area (Å²) in [6, 6.07) is 16.9. The third kappa shape index (κ3) is 6.02. The second-order valence-corrected chi connectivity index (χ2v) is 10.5. The first kappa shape index (κ1) is 25.2. The van der Waals surface area contributed by atoms with Crippen LogP contribution in [0.1, 0.15) is 23.6 Å². The second-order valence-electron chi connectivity index (χ2n) is 7.15. The SMILES string of the molecule is CCOc1cc(/C=C2\N=C(c3ccc(I)c(Br)c3)OC2=O)cc(Cl)c1OCc1cccc(Br)c1. The summed E-state index contributed by atoms with van der Waals surface area (Å²) < 4.78 is 20.0. The van der Waals surface area contributed by atoms with Gasteiger partial charge >= 0.3 is 5.97 Å². The van der Waals surface area contributed by atoms with Crippen molar-refractivity contribution in [2.75, 3.05) is 6.61 Å². The molecule has 0 spiro atoms. The monoisotopic (exact) mass is 715 g/mol. The highest BCUT2D eigenvalue weighted by Gasteiger charge is 2.25. The number of hydrogen-bond acceptors (Lipinski definition) is 5. The van der Waals surface area contributed by atoms with E-state index in [0.717, 1.165) is 18.1 Å². The molecule has 3 aromatic rings. The molecular formula is C25H17Br2ClINO4. The van der Waals surface area contributed by atoms with Crippen LogP contribution < -0.4 is 9.47 Å². The minimum Gasteiger partial charge on any atom is -0.490 e. The molecule has 0 aliphatic carbocycles. The van der Waals surface area contributed by atoms with Gasteiger partial charge in [-0.1, -0.05) is 39.7 Å². The first-order valence-electron chi connectivity index (χ1n) is 10.2. The fourth-order valence-corrected chi connectivity index (χ4v) is 4.61. The molecule has 0 amide bonds. The van der Waals surface area contributed by atoms with Crippen LogP contribution in [0, 0.1) is 3.57 Å². The molecular weight excluding hydrogens is 700 g/mol. The molecule has 0 atom stereocenters. The number of rotatable bonds is 7. The average molecular weight is 718 g/mol. The van der Waals surface area contributed by atoms with Crippen LogP contribution in [0.3, 0.4) is 0 Å². The molecule has 0 radical (unpaired) electrons. The van der Waals surface area contributed by atoms with Gasteiger partial charge in [0.2, 0.25) is 5.90 Å². The highest BCUT2D eigenvalue weighted by Crippen LogP contribution is 2.38. The standard InChI is InChI=1S/C25H17Br2ClINO4/c1-2-32-22-11-15(9-19(28)23(22)33-13-14-4-3-5-17(26)8-14)10-21-25(31)34-24(30-21)16-6-7-20(29)18(27)12-16/h3-12H,2,13H2,1H3/b21-10-. The molecule has 1 heterocycles. The molecule has 5 nitrogen and oxygen atoms in total. The van der Waals surface area contributed by atoms with Crippen molar-refractivity contribution in [3.8, 4) is 11.5 Å². The Morgan fingerprint density at radius 3 is 2.68 bits per heavy atom. The summed E-state index contributed by atoms with van der Waals surface area (Å²) >= 11 is 15.7. The van der Waals surface area contributed by atoms with Crippen LogP contribution in [-0.4, -0.2) is 18.5 Å². The first-order valence-corrected chi connectivity index (χ1v) is 13.2. The fraction of sp³-hybridized carbons (Fsp3) is 0.120. The maximum Gasteiger partial charge on any atom is 0.363 e. The molecule has 9 heteroatoms. The number of hydrogen-bond donors (Lipinski definition) is 0. The summed E-state index contributed by atoms with van der Waals surface area (Å²) in [4.78, 5) is 16.8. The molecule has 174 valence electrons. The summed E-state index contributed by atoms with van der Waals surface area (Å²) in [5.74, 6) is 0.633. The van der Waals surface area contributed by atoms with Crippen molar-refractivity contribution in [3.63, 3.8) is 0 Å². The normalized spacial score (nSPS) is 14.2. The zero-order valence-electron chi connectivity index (χ0n) is 17.8. The van der Waals surface area contributed by atoms with Crippen LogP contribution in [0.25, 0.3) is 6.08 Å². The molecule has 0 bridgehead atoms. The quantitative estimate of drug-likeness (QED) is 0.142. The van der Waals surface area contributed by atoms with E-state index < -0.39 is 5.97 Å². The molecule has 1 aliphatic heterocycles. The van der Waals surface area contributed by atoms with Crippen LogP contribution >= 0.6 is 66.1 Å². The number of esters is 1. The summed E-state index contributed by atoms with van der Waals surface area (Å²) in [5, 5.41) is 0.366. The van der Waals surface area contributed by atoms with Crippen LogP contribution in [0.15, 0.2) is 74.2 Å². The van der Waals surface area contributed by atoms with Crippen molar-refractivity contribution >= 4 is 84.0 Å². The van der Waals surface area contributed by atoms with Gasteiger partial charge in [-0.25, -0.2) is 9.79 Å². The molecule has 34 heavy (non-hydrogen) atoms. The number of ether oxygens (including phenoxy) is 3. The van der Waals surface area contributed by atoms with E-state index >= 15 is 0 Å². The zero-order chi connectivity index (χ0) is 24.2. The predicted molar refractivity (Wildman–Crippen MR) is 149 cm³/mol. The van der Waals surface area contributed by atoms with Crippen molar-refractivity contribution in [1.82, 2.24) is 0 Å². The van der Waals surface area contributed by atoms with E-state index in [0.29, 0.717) is 40.9 Å². The van der Waals surface area contributed by atoms with Gasteiger partial charge in [0.15, 0.2) is 17.2 Å². The van der Waals surface area contributed by atoms with E-state index in [9.17, 15) is 4.79 Å². The molecule has 0 fully saturated rings. The van der Waals surface area contributed by atoms with Gasteiger partial charge in [0.1, 0.15) is 6.61 Å². The van der Waals surface area contributed by atoms with E-state index in [1.54, 1.807) is 18.2 Å². The van der Waals surface area contributed by atoms with Crippen LogP contribution in [0.5, 0.6) is 11.5 Å². The van der Waals surface area contributed by atoms with E-state index in [-0.39, 0.29) is 11.6 Å². The maximum atomic E-state index is 12.5. The smallest absolute Gasteiger partial charge is 0.363 e. The lowest BCUT2D eigenvalue weighted by Crippen LogP contribution is -2.05. The van der Waals surface area contributed by atoms with E-state index in [2.05, 4.69) is 59.4 Å². The van der Waals surface area contributed by atoms with Crippen molar-refractivity contribution in [1.29, 1.82) is 0 Å². The summed E-state index contributed by atoms with van der Waals surface area (Å²) in [6.07, 6.45) is 1.61. The molecule has 0 saturated carbocycles. The van der Waals surface area contributed by atoms with E-state index in [1.165, 1.54) is 0 Å². The van der Waals surface area contributed by atoms with Gasteiger partial charge in [-0.05, 0) is 105 Å². The van der Waals surface area contributed by atoms with Crippen LogP contribution in [-0.2, 0) is 16.1 Å². The lowest BCUT2D eigenvalue weighted by molar-refractivity contribution is -0.129. The van der Waals surface area contributed by atoms with Gasteiger partial charge in [0.25, 0.3) is 0 Å². The predicted octanol–water partition coefficient (Wildman–Crippen LogP) is 7.79. The number of cyclic esters (lactones) is 1. The lowest BCUT2D eigenvalue weighted by Gasteiger charge is -2.14. The average Bonchev–Trinajstić information content (AvgIpc) is 3.15. The maximum absolute atomic E-state index is 12.5. The molecule has 0 unspecified atom stereocenters. The van der Waals surface area contributed by atoms with Crippen molar-refractivity contribution in [2.45, 2.75) is 13.5 Å². The van der Waals surface area contributed by atoms with Crippen molar-refractivity contribution in [3.05, 3.63) is 94.5 Å². The fourth-order valence-electron chi connectivity index (χ4n) is 3.18. The minimum absolute atomic E-state index is 0.172. The Morgan fingerprint density at radius 2 is 1.94 bits per heavy atom. The van der Waals surface area contributed by atoms with Gasteiger partial charge in [-0.3, -0.25) is 0 Å². The van der Waals surface area contributed by atoms with Gasteiger partial charge in [0, 0.05) is 18.1 Å². The zero-order valence-corrected chi connectivity index (χ0v) is 23.9. The van der Waals surface area contributed by atoms with Crippen molar-refractivity contribution < 1.29 is 19.0 Å². The Bertz CT molecular complexity index is 1330. The van der Waals surface area contributed by atoms with Crippen LogP contribution in [0.4, 0.5) is 0 Å². The van der Waals surface area contributed by atoms with Gasteiger partial charge in [-0.15, -0.1) is 0 Å². The molecule has 4 rings (SSSR count). The molecule has 0 aromatic heterocycles. The van der Waals surface area contributed by atoms with Gasteiger partial charge < -0.3 is 14.2 Å². The molecule has 0 N–H and O–H groups in total. The highest BCUT2D eigenvalue weighted by molar-refractivity contribution is 14.1. The third-order valence-electron chi connectivity index (χ3n) is 4.69. The molecule has 1 aliphatic rings. The molecule has 3 aromatic carbocycles. The van der Waals surface area contributed by atoms with E-state index in [4.69, 9.17) is 25.8 Å². The van der Waals surface area contributed by atoms with Gasteiger partial charge in [0.05, 0.1) is 11.6 Å². The number of nitrogens with zero attached hydrogens (tertiary/aromatic N) is 1. The Morgan fingerprint density at radius 1 is 1.12 bits per heavy atom. The van der Waals surface area contributed by atoms with E-state index in [1.807, 2.05) is 49.4 Å². The summed E-state index contributed by atoms with van der Waals surface area (Å²) in [7, 11) is 0. The third-order valence-corrected chi connectivity index (χ3v) is 7.81. The first-order chi connectivity index (χ1) is 16.3. The Kier molecular flexibility index (Phi) is 8.34. The second kappa shape index (κ2) is 11.2. The molecule has 0 saturated heterocycles. The Labute approximate surface area is 232 Å². The number of benzene rings is 3.